The van der Waals surface area contributed by atoms with E-state index in [1.54, 1.807) is 0 Å². The normalized spacial score (nSPS) is 11.5. The molecule has 4 aromatic rings. The molecule has 0 fully saturated rings. The van der Waals surface area contributed by atoms with Crippen LogP contribution in [0, 0.1) is 13.8 Å². The minimum atomic E-state index is 1.35. The van der Waals surface area contributed by atoms with E-state index in [0.29, 0.717) is 0 Å². The van der Waals surface area contributed by atoms with Crippen LogP contribution in [0.5, 0.6) is 0 Å². The summed E-state index contributed by atoms with van der Waals surface area (Å²) in [5, 5.41) is 8.23. The molecule has 4 aromatic carbocycles. The Labute approximate surface area is 118 Å². The van der Waals surface area contributed by atoms with E-state index in [0.717, 1.165) is 0 Å². The third kappa shape index (κ3) is 1.42. The number of hydrogen-bond acceptors (Lipinski definition) is 0. The minimum Gasteiger partial charge on any atom is -0.0616 e. The molecule has 0 saturated heterocycles. The smallest absolute Gasteiger partial charge is 0.00670 e. The van der Waals surface area contributed by atoms with Gasteiger partial charge in [-0.2, -0.15) is 0 Å². The topological polar surface area (TPSA) is 0 Å². The molecule has 0 saturated carbocycles. The lowest BCUT2D eigenvalue weighted by Gasteiger charge is -2.14. The first kappa shape index (κ1) is 11.5. The molecule has 4 rings (SSSR count). The van der Waals surface area contributed by atoms with Crippen molar-refractivity contribution >= 4 is 32.3 Å². The standard InChI is InChI=1S/C20H16/c1-13-11-12-14(2)20-18-10-6-4-8-16(18)15-7-3-5-9-17(15)19(13)20/h3-12H,1-2H3. The Balaban J connectivity index is 2.49. The Morgan fingerprint density at radius 1 is 0.450 bits per heavy atom. The Morgan fingerprint density at radius 2 is 0.800 bits per heavy atom. The highest BCUT2D eigenvalue weighted by Gasteiger charge is 2.10. The van der Waals surface area contributed by atoms with Gasteiger partial charge in [-0.05, 0) is 57.3 Å². The van der Waals surface area contributed by atoms with Gasteiger partial charge in [0.15, 0.2) is 0 Å². The predicted molar refractivity (Wildman–Crippen MR) is 88.4 cm³/mol. The van der Waals surface area contributed by atoms with Gasteiger partial charge in [-0.1, -0.05) is 60.7 Å². The van der Waals surface area contributed by atoms with Crippen LogP contribution in [-0.4, -0.2) is 0 Å². The highest BCUT2D eigenvalue weighted by molar-refractivity contribution is 6.26. The van der Waals surface area contributed by atoms with Gasteiger partial charge in [0.05, 0.1) is 0 Å². The second-order valence-electron chi connectivity index (χ2n) is 5.54. The largest absolute Gasteiger partial charge is 0.0616 e. The summed E-state index contributed by atoms with van der Waals surface area (Å²) in [6.45, 7) is 4.42. The van der Waals surface area contributed by atoms with Crippen molar-refractivity contribution < 1.29 is 0 Å². The Hall–Kier alpha value is -2.34. The first-order chi connectivity index (χ1) is 9.77. The van der Waals surface area contributed by atoms with Crippen molar-refractivity contribution in [1.29, 1.82) is 0 Å². The van der Waals surface area contributed by atoms with E-state index < -0.39 is 0 Å². The molecule has 0 atom stereocenters. The van der Waals surface area contributed by atoms with Crippen molar-refractivity contribution in [3.8, 4) is 0 Å². The van der Waals surface area contributed by atoms with Crippen LogP contribution in [0.4, 0.5) is 0 Å². The third-order valence-electron chi connectivity index (χ3n) is 4.30. The SMILES string of the molecule is Cc1ccc(C)c2c3ccccc3c3ccccc3c12. The molecule has 0 unspecified atom stereocenters. The molecule has 0 nitrogen and oxygen atoms in total. The Morgan fingerprint density at radius 3 is 1.20 bits per heavy atom. The molecule has 20 heavy (non-hydrogen) atoms. The number of hydrogen-bond donors (Lipinski definition) is 0. The molecule has 0 aliphatic heterocycles. The summed E-state index contributed by atoms with van der Waals surface area (Å²) < 4.78 is 0. The van der Waals surface area contributed by atoms with Gasteiger partial charge in [0, 0.05) is 0 Å². The van der Waals surface area contributed by atoms with Gasteiger partial charge in [0.25, 0.3) is 0 Å². The van der Waals surface area contributed by atoms with E-state index in [4.69, 9.17) is 0 Å². The van der Waals surface area contributed by atoms with Crippen LogP contribution >= 0.6 is 0 Å². The number of rotatable bonds is 0. The maximum atomic E-state index is 2.25. The summed E-state index contributed by atoms with van der Waals surface area (Å²) >= 11 is 0. The highest BCUT2D eigenvalue weighted by atomic mass is 14.1. The average Bonchev–Trinajstić information content (AvgIpc) is 2.50. The van der Waals surface area contributed by atoms with Crippen molar-refractivity contribution in [2.45, 2.75) is 13.8 Å². The monoisotopic (exact) mass is 256 g/mol. The molecular formula is C20H16. The van der Waals surface area contributed by atoms with Crippen molar-refractivity contribution in [1.82, 2.24) is 0 Å². The molecule has 0 heterocycles. The Bertz CT molecular complexity index is 881. The zero-order valence-electron chi connectivity index (χ0n) is 11.8. The van der Waals surface area contributed by atoms with Crippen molar-refractivity contribution in [2.75, 3.05) is 0 Å². The molecule has 0 aliphatic rings. The quantitative estimate of drug-likeness (QED) is 0.351. The third-order valence-corrected chi connectivity index (χ3v) is 4.30. The van der Waals surface area contributed by atoms with E-state index >= 15 is 0 Å². The molecular weight excluding hydrogens is 240 g/mol. The summed E-state index contributed by atoms with van der Waals surface area (Å²) in [5.41, 5.74) is 2.71. The van der Waals surface area contributed by atoms with Gasteiger partial charge < -0.3 is 0 Å². The first-order valence-electron chi connectivity index (χ1n) is 7.07. The summed E-state index contributed by atoms with van der Waals surface area (Å²) in [6, 6.07) is 22.0. The summed E-state index contributed by atoms with van der Waals surface area (Å²) in [5.74, 6) is 0. The molecule has 0 heteroatoms. The highest BCUT2D eigenvalue weighted by Crippen LogP contribution is 2.37. The molecule has 0 bridgehead atoms. The van der Waals surface area contributed by atoms with Crippen LogP contribution in [0.25, 0.3) is 32.3 Å². The van der Waals surface area contributed by atoms with E-state index in [9.17, 15) is 0 Å². The fraction of sp³-hybridized carbons (Fsp3) is 0.100. The van der Waals surface area contributed by atoms with Gasteiger partial charge in [-0.25, -0.2) is 0 Å². The molecule has 0 N–H and O–H groups in total. The summed E-state index contributed by atoms with van der Waals surface area (Å²) in [4.78, 5) is 0. The van der Waals surface area contributed by atoms with E-state index in [-0.39, 0.29) is 0 Å². The fourth-order valence-corrected chi connectivity index (χ4v) is 3.38. The second-order valence-corrected chi connectivity index (χ2v) is 5.54. The van der Waals surface area contributed by atoms with Crippen LogP contribution in [-0.2, 0) is 0 Å². The number of aryl methyl sites for hydroxylation is 2. The average molecular weight is 256 g/mol. The lowest BCUT2D eigenvalue weighted by molar-refractivity contribution is 1.48. The summed E-state index contributed by atoms with van der Waals surface area (Å²) in [7, 11) is 0. The van der Waals surface area contributed by atoms with Crippen LogP contribution in [0.2, 0.25) is 0 Å². The van der Waals surface area contributed by atoms with Crippen LogP contribution < -0.4 is 0 Å². The van der Waals surface area contributed by atoms with E-state index in [1.807, 2.05) is 0 Å². The van der Waals surface area contributed by atoms with Gasteiger partial charge in [0.2, 0.25) is 0 Å². The van der Waals surface area contributed by atoms with Crippen LogP contribution in [0.1, 0.15) is 11.1 Å². The molecule has 0 aromatic heterocycles. The lowest BCUT2D eigenvalue weighted by Crippen LogP contribution is -1.88. The molecule has 0 aliphatic carbocycles. The maximum Gasteiger partial charge on any atom is -0.00670 e. The van der Waals surface area contributed by atoms with Gasteiger partial charge in [-0.15, -0.1) is 0 Å². The van der Waals surface area contributed by atoms with Crippen molar-refractivity contribution in [3.05, 3.63) is 71.8 Å². The van der Waals surface area contributed by atoms with Gasteiger partial charge in [-0.3, -0.25) is 0 Å². The number of benzene rings is 4. The zero-order chi connectivity index (χ0) is 13.7. The molecule has 0 radical (unpaired) electrons. The molecule has 96 valence electrons. The first-order valence-corrected chi connectivity index (χ1v) is 7.07. The molecule has 0 amide bonds. The maximum absolute atomic E-state index is 2.25. The van der Waals surface area contributed by atoms with Crippen LogP contribution in [0.3, 0.4) is 0 Å². The van der Waals surface area contributed by atoms with Gasteiger partial charge >= 0.3 is 0 Å². The van der Waals surface area contributed by atoms with Crippen molar-refractivity contribution in [2.24, 2.45) is 0 Å². The lowest BCUT2D eigenvalue weighted by atomic mass is 9.90. The predicted octanol–water partition coefficient (Wildman–Crippen LogP) is 5.76. The molecule has 0 spiro atoms. The fourth-order valence-electron chi connectivity index (χ4n) is 3.38. The van der Waals surface area contributed by atoms with E-state index in [2.05, 4.69) is 74.5 Å². The number of fused-ring (bicyclic) bond motifs is 6. The second kappa shape index (κ2) is 4.08. The van der Waals surface area contributed by atoms with Crippen LogP contribution in [0.15, 0.2) is 60.7 Å². The van der Waals surface area contributed by atoms with Crippen molar-refractivity contribution in [3.63, 3.8) is 0 Å². The zero-order valence-corrected chi connectivity index (χ0v) is 11.8. The Kier molecular flexibility index (Phi) is 2.34. The van der Waals surface area contributed by atoms with E-state index in [1.165, 1.54) is 43.4 Å². The minimum absolute atomic E-state index is 1.35. The summed E-state index contributed by atoms with van der Waals surface area (Å²) in [6.07, 6.45) is 0. The van der Waals surface area contributed by atoms with Gasteiger partial charge in [0.1, 0.15) is 0 Å².